The molecule has 0 saturated heterocycles. The lowest BCUT2D eigenvalue weighted by atomic mass is 10.1. The second-order valence-electron chi connectivity index (χ2n) is 4.51. The van der Waals surface area contributed by atoms with Crippen LogP contribution in [0.1, 0.15) is 18.9 Å². The Morgan fingerprint density at radius 1 is 1.44 bits per heavy atom. The summed E-state index contributed by atoms with van der Waals surface area (Å²) in [4.78, 5) is 14.6. The van der Waals surface area contributed by atoms with Gasteiger partial charge in [-0.25, -0.2) is 0 Å². The van der Waals surface area contributed by atoms with Gasteiger partial charge in [-0.05, 0) is 25.0 Å². The molecule has 1 aromatic carbocycles. The molecule has 18 heavy (non-hydrogen) atoms. The second kappa shape index (κ2) is 5.69. The lowest BCUT2D eigenvalue weighted by molar-refractivity contribution is -0.122. The highest BCUT2D eigenvalue weighted by Gasteiger charge is 2.06. The van der Waals surface area contributed by atoms with Gasteiger partial charge in [0.2, 0.25) is 5.91 Å². The summed E-state index contributed by atoms with van der Waals surface area (Å²) < 4.78 is 0. The molecule has 0 saturated carbocycles. The van der Waals surface area contributed by atoms with E-state index in [1.807, 2.05) is 24.4 Å². The van der Waals surface area contributed by atoms with Crippen LogP contribution < -0.4 is 5.32 Å². The van der Waals surface area contributed by atoms with E-state index in [-0.39, 0.29) is 12.3 Å². The lowest BCUT2D eigenvalue weighted by Crippen LogP contribution is -2.28. The van der Waals surface area contributed by atoms with Crippen molar-refractivity contribution in [2.75, 3.05) is 6.54 Å². The SMILES string of the molecule is CC(O)CC(=O)NCCc1c[nH]c2ccccc12. The van der Waals surface area contributed by atoms with Gasteiger partial charge in [-0.3, -0.25) is 4.79 Å². The fraction of sp³-hybridized carbons (Fsp3) is 0.357. The number of fused-ring (bicyclic) bond motifs is 1. The average molecular weight is 246 g/mol. The molecular weight excluding hydrogens is 228 g/mol. The molecule has 0 bridgehead atoms. The largest absolute Gasteiger partial charge is 0.393 e. The van der Waals surface area contributed by atoms with E-state index in [4.69, 9.17) is 5.11 Å². The Bertz CT molecular complexity index is 531. The van der Waals surface area contributed by atoms with Crippen LogP contribution in [0.3, 0.4) is 0 Å². The van der Waals surface area contributed by atoms with E-state index in [9.17, 15) is 4.79 Å². The highest BCUT2D eigenvalue weighted by Crippen LogP contribution is 2.17. The highest BCUT2D eigenvalue weighted by molar-refractivity contribution is 5.83. The van der Waals surface area contributed by atoms with Crippen molar-refractivity contribution < 1.29 is 9.90 Å². The molecular formula is C14H18N2O2. The van der Waals surface area contributed by atoms with E-state index in [2.05, 4.69) is 16.4 Å². The number of hydrogen-bond donors (Lipinski definition) is 3. The third kappa shape index (κ3) is 3.11. The minimum absolute atomic E-state index is 0.107. The monoisotopic (exact) mass is 246 g/mol. The van der Waals surface area contributed by atoms with Crippen LogP contribution in [0.25, 0.3) is 10.9 Å². The van der Waals surface area contributed by atoms with E-state index >= 15 is 0 Å². The molecule has 1 amide bonds. The van der Waals surface area contributed by atoms with Crippen LogP contribution in [0.15, 0.2) is 30.5 Å². The summed E-state index contributed by atoms with van der Waals surface area (Å²) >= 11 is 0. The number of nitrogens with one attached hydrogen (secondary N) is 2. The predicted octanol–water partition coefficient (Wildman–Crippen LogP) is 1.60. The average Bonchev–Trinajstić information content (AvgIpc) is 2.72. The van der Waals surface area contributed by atoms with Crippen molar-refractivity contribution in [3.05, 3.63) is 36.0 Å². The molecule has 4 heteroatoms. The zero-order chi connectivity index (χ0) is 13.0. The highest BCUT2D eigenvalue weighted by atomic mass is 16.3. The number of carbonyl (C=O) groups is 1. The molecule has 1 atom stereocenters. The maximum Gasteiger partial charge on any atom is 0.222 e. The van der Waals surface area contributed by atoms with E-state index in [0.717, 1.165) is 11.9 Å². The molecule has 0 aliphatic heterocycles. The van der Waals surface area contributed by atoms with Crippen molar-refractivity contribution >= 4 is 16.8 Å². The first-order valence-corrected chi connectivity index (χ1v) is 6.16. The third-order valence-corrected chi connectivity index (χ3v) is 2.87. The number of aromatic nitrogens is 1. The van der Waals surface area contributed by atoms with Crippen LogP contribution in [-0.2, 0) is 11.2 Å². The molecule has 0 fully saturated rings. The van der Waals surface area contributed by atoms with Gasteiger partial charge in [0.05, 0.1) is 12.5 Å². The molecule has 0 aliphatic rings. The Morgan fingerprint density at radius 2 is 2.22 bits per heavy atom. The number of aliphatic hydroxyl groups excluding tert-OH is 1. The third-order valence-electron chi connectivity index (χ3n) is 2.87. The van der Waals surface area contributed by atoms with Crippen molar-refractivity contribution in [3.63, 3.8) is 0 Å². The number of H-pyrrole nitrogens is 1. The maximum absolute atomic E-state index is 11.4. The number of amides is 1. The lowest BCUT2D eigenvalue weighted by Gasteiger charge is -2.06. The molecule has 2 aromatic rings. The minimum Gasteiger partial charge on any atom is -0.393 e. The van der Waals surface area contributed by atoms with E-state index in [0.29, 0.717) is 6.54 Å². The van der Waals surface area contributed by atoms with E-state index in [1.165, 1.54) is 10.9 Å². The second-order valence-corrected chi connectivity index (χ2v) is 4.51. The number of aromatic amines is 1. The number of rotatable bonds is 5. The Morgan fingerprint density at radius 3 is 3.00 bits per heavy atom. The molecule has 2 rings (SSSR count). The van der Waals surface area contributed by atoms with Gasteiger partial charge in [0.1, 0.15) is 0 Å². The first kappa shape index (κ1) is 12.6. The fourth-order valence-corrected chi connectivity index (χ4v) is 2.02. The maximum atomic E-state index is 11.4. The summed E-state index contributed by atoms with van der Waals surface area (Å²) in [5, 5.41) is 13.1. The van der Waals surface area contributed by atoms with Crippen LogP contribution in [0, 0.1) is 0 Å². The van der Waals surface area contributed by atoms with Crippen molar-refractivity contribution in [1.82, 2.24) is 10.3 Å². The van der Waals surface area contributed by atoms with Gasteiger partial charge in [-0.15, -0.1) is 0 Å². The van der Waals surface area contributed by atoms with Gasteiger partial charge < -0.3 is 15.4 Å². The molecule has 1 aromatic heterocycles. The molecule has 0 aliphatic carbocycles. The molecule has 0 spiro atoms. The van der Waals surface area contributed by atoms with Crippen LogP contribution in [0.5, 0.6) is 0 Å². The topological polar surface area (TPSA) is 65.1 Å². The zero-order valence-electron chi connectivity index (χ0n) is 10.4. The Hall–Kier alpha value is -1.81. The van der Waals surface area contributed by atoms with Gasteiger partial charge in [0.15, 0.2) is 0 Å². The summed E-state index contributed by atoms with van der Waals surface area (Å²) in [5.74, 6) is -0.107. The summed E-state index contributed by atoms with van der Waals surface area (Å²) in [7, 11) is 0. The van der Waals surface area contributed by atoms with Crippen LogP contribution >= 0.6 is 0 Å². The Balaban J connectivity index is 1.89. The molecule has 3 N–H and O–H groups in total. The molecule has 1 heterocycles. The van der Waals surface area contributed by atoms with Crippen molar-refractivity contribution in [3.8, 4) is 0 Å². The smallest absolute Gasteiger partial charge is 0.222 e. The van der Waals surface area contributed by atoms with Crippen molar-refractivity contribution in [2.24, 2.45) is 0 Å². The number of carbonyl (C=O) groups excluding carboxylic acids is 1. The zero-order valence-corrected chi connectivity index (χ0v) is 10.4. The van der Waals surface area contributed by atoms with E-state index < -0.39 is 6.10 Å². The van der Waals surface area contributed by atoms with Gasteiger partial charge in [-0.1, -0.05) is 18.2 Å². The quantitative estimate of drug-likeness (QED) is 0.750. The van der Waals surface area contributed by atoms with Crippen molar-refractivity contribution in [2.45, 2.75) is 25.9 Å². The Labute approximate surface area is 106 Å². The van der Waals surface area contributed by atoms with Gasteiger partial charge in [0.25, 0.3) is 0 Å². The number of hydrogen-bond acceptors (Lipinski definition) is 2. The van der Waals surface area contributed by atoms with Crippen LogP contribution in [0.2, 0.25) is 0 Å². The number of benzene rings is 1. The van der Waals surface area contributed by atoms with Crippen LogP contribution in [-0.4, -0.2) is 28.6 Å². The summed E-state index contributed by atoms with van der Waals surface area (Å²) in [5.41, 5.74) is 2.31. The number of para-hydroxylation sites is 1. The molecule has 1 unspecified atom stereocenters. The van der Waals surface area contributed by atoms with Gasteiger partial charge in [-0.2, -0.15) is 0 Å². The van der Waals surface area contributed by atoms with Gasteiger partial charge >= 0.3 is 0 Å². The Kier molecular flexibility index (Phi) is 3.99. The summed E-state index contributed by atoms with van der Waals surface area (Å²) in [6.07, 6.45) is 2.34. The van der Waals surface area contributed by atoms with Crippen LogP contribution in [0.4, 0.5) is 0 Å². The molecule has 0 radical (unpaired) electrons. The summed E-state index contributed by atoms with van der Waals surface area (Å²) in [6.45, 7) is 2.20. The normalized spacial score (nSPS) is 12.6. The standard InChI is InChI=1S/C14H18N2O2/c1-10(17)8-14(18)15-7-6-11-9-16-13-5-3-2-4-12(11)13/h2-5,9-10,16-17H,6-8H2,1H3,(H,15,18). The first-order valence-electron chi connectivity index (χ1n) is 6.16. The molecule has 4 nitrogen and oxygen atoms in total. The minimum atomic E-state index is -0.585. The molecule has 96 valence electrons. The van der Waals surface area contributed by atoms with Gasteiger partial charge in [0, 0.05) is 23.6 Å². The van der Waals surface area contributed by atoms with Crippen molar-refractivity contribution in [1.29, 1.82) is 0 Å². The van der Waals surface area contributed by atoms with E-state index in [1.54, 1.807) is 6.92 Å². The first-order chi connectivity index (χ1) is 8.66. The predicted molar refractivity (Wildman–Crippen MR) is 71.3 cm³/mol. The fourth-order valence-electron chi connectivity index (χ4n) is 2.02. The summed E-state index contributed by atoms with van der Waals surface area (Å²) in [6, 6.07) is 8.10. The number of aliphatic hydroxyl groups is 1.